The molecule has 0 atom stereocenters. The van der Waals surface area contributed by atoms with Gasteiger partial charge in [0.05, 0.1) is 51.9 Å². The lowest BCUT2D eigenvalue weighted by molar-refractivity contribution is 0.0822. The van der Waals surface area contributed by atoms with Crippen LogP contribution >= 0.6 is 11.6 Å². The maximum Gasteiger partial charge on any atom is 0.335 e. The molecule has 5 heterocycles. The van der Waals surface area contributed by atoms with Crippen molar-refractivity contribution in [1.82, 2.24) is 59.2 Å². The van der Waals surface area contributed by atoms with E-state index < -0.39 is 62.8 Å². The standard InChI is InChI=1S/C15H18N6O6S.C14H17N5O7S2.C8H14ClN5/c1-21(2)13(22)9-6-5-7-16-12(9)28(24,25)20-15(23)19-14-17-10(26-3)8-11(18-14)27-4;1-4-27(21,22)9-6-5-7-15-12(9)28(23,24)19-14(20)18-13-16-10(25-2)8-11(17-13)26-3;1-4-10-7-12-6(9)13-8(14-7)11-5(2)3/h5-8H,1-4H3,(H2,17,18,19,20,23);5-8H,4H2,1-3H3,(H2,16,17,18,19,20);5H,4H2,1-3H3,(H2,10,11,12,13,14). The van der Waals surface area contributed by atoms with Gasteiger partial charge in [-0.2, -0.15) is 51.7 Å². The minimum absolute atomic E-state index is 0.0612. The monoisotopic (exact) mass is 1060 g/mol. The third-order valence-corrected chi connectivity index (χ3v) is 12.5. The number of aromatic nitrogens is 9. The van der Waals surface area contributed by atoms with Gasteiger partial charge < -0.3 is 34.5 Å². The third kappa shape index (κ3) is 16.9. The summed E-state index contributed by atoms with van der Waals surface area (Å²) < 4.78 is 97.4. The van der Waals surface area contributed by atoms with Gasteiger partial charge in [-0.1, -0.05) is 6.92 Å². The molecule has 0 radical (unpaired) electrons. The molecule has 0 aliphatic carbocycles. The lowest BCUT2D eigenvalue weighted by Crippen LogP contribution is -2.36. The summed E-state index contributed by atoms with van der Waals surface area (Å²) in [5.41, 5.74) is -0.188. The van der Waals surface area contributed by atoms with E-state index in [9.17, 15) is 39.6 Å². The van der Waals surface area contributed by atoms with Crippen molar-refractivity contribution in [2.24, 2.45) is 0 Å². The number of hydrogen-bond donors (Lipinski definition) is 6. The van der Waals surface area contributed by atoms with E-state index in [2.05, 4.69) is 66.1 Å². The Kier molecular flexibility index (Phi) is 20.8. The topological polar surface area (TPSA) is 382 Å². The fraction of sp³-hybridized carbons (Fsp3) is 0.351. The van der Waals surface area contributed by atoms with Crippen molar-refractivity contribution >= 4 is 83.2 Å². The Morgan fingerprint density at radius 3 is 1.51 bits per heavy atom. The minimum Gasteiger partial charge on any atom is -0.481 e. The zero-order valence-electron chi connectivity index (χ0n) is 39.0. The predicted octanol–water partition coefficient (Wildman–Crippen LogP) is 2.07. The van der Waals surface area contributed by atoms with E-state index in [1.54, 1.807) is 9.44 Å². The van der Waals surface area contributed by atoms with E-state index in [1.807, 2.05) is 20.8 Å². The molecule has 29 nitrogen and oxygen atoms in total. The van der Waals surface area contributed by atoms with Crippen LogP contribution in [0.1, 0.15) is 38.1 Å². The summed E-state index contributed by atoms with van der Waals surface area (Å²) in [6, 6.07) is 5.65. The Hall–Kier alpha value is -7.58. The van der Waals surface area contributed by atoms with Crippen molar-refractivity contribution in [1.29, 1.82) is 0 Å². The zero-order chi connectivity index (χ0) is 52.4. The van der Waals surface area contributed by atoms with Crippen LogP contribution in [0.4, 0.5) is 33.4 Å². The second-order valence-corrected chi connectivity index (χ2v) is 19.3. The highest BCUT2D eigenvalue weighted by atomic mass is 35.5. The van der Waals surface area contributed by atoms with E-state index in [0.717, 1.165) is 18.8 Å². The summed E-state index contributed by atoms with van der Waals surface area (Å²) >= 11 is 5.73. The lowest BCUT2D eigenvalue weighted by atomic mass is 10.2. The van der Waals surface area contributed by atoms with Gasteiger partial charge >= 0.3 is 12.1 Å². The number of methoxy groups -OCH3 is 4. The number of carbonyl (C=O) groups excluding carboxylic acids is 3. The number of amides is 5. The number of pyridine rings is 2. The Morgan fingerprint density at radius 1 is 0.643 bits per heavy atom. The second-order valence-electron chi connectivity index (χ2n) is 13.5. The summed E-state index contributed by atoms with van der Waals surface area (Å²) in [6.45, 7) is 8.08. The molecule has 0 aliphatic rings. The molecule has 0 spiro atoms. The van der Waals surface area contributed by atoms with Crippen LogP contribution in [0.5, 0.6) is 23.5 Å². The van der Waals surface area contributed by atoms with Gasteiger partial charge in [0.25, 0.3) is 26.0 Å². The minimum atomic E-state index is -4.61. The van der Waals surface area contributed by atoms with Crippen molar-refractivity contribution in [3.05, 3.63) is 59.6 Å². The maximum absolute atomic E-state index is 12.5. The van der Waals surface area contributed by atoms with Crippen LogP contribution in [0.15, 0.2) is 63.7 Å². The molecule has 6 N–H and O–H groups in total. The van der Waals surface area contributed by atoms with Gasteiger partial charge in [0.1, 0.15) is 4.90 Å². The molecule has 0 saturated heterocycles. The molecule has 33 heteroatoms. The first-order valence-electron chi connectivity index (χ1n) is 19.8. The molecular weight excluding hydrogens is 1010 g/mol. The average molecular weight is 1060 g/mol. The van der Waals surface area contributed by atoms with Crippen LogP contribution in [0, 0.1) is 0 Å². The molecule has 0 aromatic carbocycles. The highest BCUT2D eigenvalue weighted by Crippen LogP contribution is 2.22. The van der Waals surface area contributed by atoms with E-state index in [-0.39, 0.29) is 58.1 Å². The first-order valence-corrected chi connectivity index (χ1v) is 24.8. The summed E-state index contributed by atoms with van der Waals surface area (Å²) in [5.74, 6) is -0.188. The van der Waals surface area contributed by atoms with Crippen molar-refractivity contribution in [3.63, 3.8) is 0 Å². The normalized spacial score (nSPS) is 11.0. The van der Waals surface area contributed by atoms with Crippen LogP contribution < -0.4 is 49.7 Å². The number of sulfonamides is 2. The van der Waals surface area contributed by atoms with E-state index in [1.165, 1.54) is 90.9 Å². The number of halogens is 1. The molecule has 0 unspecified atom stereocenters. The number of anilines is 4. The van der Waals surface area contributed by atoms with Gasteiger partial charge in [-0.05, 0) is 56.6 Å². The number of nitrogens with zero attached hydrogens (tertiary/aromatic N) is 10. The largest absolute Gasteiger partial charge is 0.481 e. The molecule has 0 bridgehead atoms. The molecule has 0 saturated carbocycles. The van der Waals surface area contributed by atoms with Crippen LogP contribution in [-0.2, 0) is 29.9 Å². The first kappa shape index (κ1) is 56.7. The van der Waals surface area contributed by atoms with Crippen molar-refractivity contribution in [3.8, 4) is 23.5 Å². The summed E-state index contributed by atoms with van der Waals surface area (Å²) in [6.07, 6.45) is 2.28. The molecule has 5 rings (SSSR count). The molecule has 0 fully saturated rings. The van der Waals surface area contributed by atoms with E-state index in [0.29, 0.717) is 11.9 Å². The molecule has 5 aromatic rings. The molecule has 5 amide bonds. The molecule has 0 aliphatic heterocycles. The van der Waals surface area contributed by atoms with Crippen LogP contribution in [-0.4, -0.2) is 154 Å². The van der Waals surface area contributed by atoms with Gasteiger partial charge in [0.15, 0.2) is 19.9 Å². The number of rotatable bonds is 17. The SMILES string of the molecule is CCNc1nc(Cl)nc(NC(C)C)n1.CCS(=O)(=O)c1cccnc1S(=O)(=O)NC(=O)Nc1nc(OC)cc(OC)n1.COc1cc(OC)nc(NC(=O)NS(=O)(=O)c2ncccc2C(=O)N(C)C)n1. The smallest absolute Gasteiger partial charge is 0.335 e. The molecule has 70 heavy (non-hydrogen) atoms. The number of hydrogen-bond acceptors (Lipinski definition) is 24. The predicted molar refractivity (Wildman–Crippen MR) is 251 cm³/mol. The van der Waals surface area contributed by atoms with Gasteiger partial charge in [0.2, 0.25) is 52.6 Å². The fourth-order valence-corrected chi connectivity index (χ4v) is 8.57. The van der Waals surface area contributed by atoms with Gasteiger partial charge in [-0.25, -0.2) is 37.4 Å². The summed E-state index contributed by atoms with van der Waals surface area (Å²) in [7, 11) is -4.70. The van der Waals surface area contributed by atoms with Crippen molar-refractivity contribution < 1.29 is 58.6 Å². The summed E-state index contributed by atoms with van der Waals surface area (Å²) in [4.78, 5) is 71.7. The fourth-order valence-electron chi connectivity index (χ4n) is 4.82. The lowest BCUT2D eigenvalue weighted by Gasteiger charge is -2.14. The van der Waals surface area contributed by atoms with Crippen LogP contribution in [0.25, 0.3) is 0 Å². The van der Waals surface area contributed by atoms with Gasteiger partial charge in [0, 0.05) is 39.1 Å². The number of sulfone groups is 1. The third-order valence-electron chi connectivity index (χ3n) is 7.83. The van der Waals surface area contributed by atoms with Crippen molar-refractivity contribution in [2.75, 3.05) is 76.1 Å². The Balaban J connectivity index is 0.000000294. The zero-order valence-corrected chi connectivity index (χ0v) is 42.2. The highest BCUT2D eigenvalue weighted by Gasteiger charge is 2.30. The average Bonchev–Trinajstić information content (AvgIpc) is 3.30. The Morgan fingerprint density at radius 2 is 1.09 bits per heavy atom. The summed E-state index contributed by atoms with van der Waals surface area (Å²) in [5, 5.41) is 9.10. The molecule has 5 aromatic heterocycles. The van der Waals surface area contributed by atoms with Crippen LogP contribution in [0.3, 0.4) is 0 Å². The van der Waals surface area contributed by atoms with Gasteiger partial charge in [-0.15, -0.1) is 0 Å². The van der Waals surface area contributed by atoms with E-state index in [4.69, 9.17) is 30.5 Å². The molecular formula is C37H49ClN16O13S3. The second kappa shape index (κ2) is 25.7. The number of carbonyl (C=O) groups is 3. The first-order chi connectivity index (χ1) is 32.9. The van der Waals surface area contributed by atoms with Gasteiger partial charge in [-0.3, -0.25) is 15.4 Å². The molecule has 380 valence electrons. The number of ether oxygens (including phenoxy) is 4. The van der Waals surface area contributed by atoms with Crippen LogP contribution in [0.2, 0.25) is 5.28 Å². The number of nitrogens with one attached hydrogen (secondary N) is 6. The Bertz CT molecular complexity index is 2930. The quantitative estimate of drug-likeness (QED) is 0.0776. The highest BCUT2D eigenvalue weighted by molar-refractivity contribution is 7.93. The van der Waals surface area contributed by atoms with Crippen molar-refractivity contribution in [2.45, 2.75) is 48.7 Å². The maximum atomic E-state index is 12.5. The Labute approximate surface area is 407 Å². The number of urea groups is 2. The van der Waals surface area contributed by atoms with E-state index >= 15 is 0 Å².